The van der Waals surface area contributed by atoms with Crippen molar-refractivity contribution in [1.29, 1.82) is 5.41 Å². The zero-order valence-electron chi connectivity index (χ0n) is 20.1. The molecule has 0 aromatic carbocycles. The van der Waals surface area contributed by atoms with E-state index >= 15 is 0 Å². The lowest BCUT2D eigenvalue weighted by Crippen LogP contribution is -2.70. The van der Waals surface area contributed by atoms with E-state index in [0.717, 1.165) is 29.5 Å². The number of rotatable bonds is 5. The summed E-state index contributed by atoms with van der Waals surface area (Å²) in [5.41, 5.74) is 2.17. The second-order valence-corrected chi connectivity index (χ2v) is 12.2. The number of hydrogen-bond donors (Lipinski definition) is 3. The summed E-state index contributed by atoms with van der Waals surface area (Å²) >= 11 is 0. The Morgan fingerprint density at radius 2 is 2.08 bits per heavy atom. The molecule has 36 heavy (non-hydrogen) atoms. The molecule has 0 bridgehead atoms. The monoisotopic (exact) mass is 502 g/mol. The highest BCUT2D eigenvalue weighted by atomic mass is 32.2. The van der Waals surface area contributed by atoms with Crippen LogP contribution in [0.2, 0.25) is 0 Å². The van der Waals surface area contributed by atoms with Crippen LogP contribution >= 0.6 is 0 Å². The van der Waals surface area contributed by atoms with Gasteiger partial charge in [0, 0.05) is 29.3 Å². The van der Waals surface area contributed by atoms with Crippen LogP contribution < -0.4 is 15.4 Å². The summed E-state index contributed by atoms with van der Waals surface area (Å²) < 4.78 is 31.3. The first-order chi connectivity index (χ1) is 17.3. The Morgan fingerprint density at radius 3 is 2.83 bits per heavy atom. The number of anilines is 2. The number of amidine groups is 1. The highest BCUT2D eigenvalue weighted by molar-refractivity contribution is 7.93. The Hall–Kier alpha value is -3.71. The standard InChI is InChI=1S/C26H26N6O3S/c1-3-4-9-35-19-10-16-7-8-28-23(22(16)30-14-19)31-18-11-20-21(29-13-18)12-26(20)15-36(33,34)25(2,17-5-6-17)24(27)32-26/h7-8,10-11,13-14,17H,5-6,9,12,15H2,1-2H3,(H2,27,32)(H,28,31)/t25-,26-/m0/s1. The van der Waals surface area contributed by atoms with E-state index in [-0.39, 0.29) is 17.5 Å². The van der Waals surface area contributed by atoms with E-state index in [2.05, 4.69) is 37.4 Å². The molecule has 0 radical (unpaired) electrons. The van der Waals surface area contributed by atoms with Crippen molar-refractivity contribution in [1.82, 2.24) is 20.3 Å². The first-order valence-corrected chi connectivity index (χ1v) is 13.5. The second-order valence-electron chi connectivity index (χ2n) is 9.86. The van der Waals surface area contributed by atoms with Gasteiger partial charge in [0.25, 0.3) is 0 Å². The largest absolute Gasteiger partial charge is 0.479 e. The van der Waals surface area contributed by atoms with Gasteiger partial charge in [0.15, 0.2) is 15.7 Å². The molecule has 184 valence electrons. The fourth-order valence-corrected chi connectivity index (χ4v) is 7.68. The molecule has 0 amide bonds. The van der Waals surface area contributed by atoms with Gasteiger partial charge in [-0.3, -0.25) is 10.4 Å². The average Bonchev–Trinajstić information content (AvgIpc) is 3.69. The zero-order chi connectivity index (χ0) is 25.1. The number of ether oxygens (including phenoxy) is 1. The molecule has 4 heterocycles. The van der Waals surface area contributed by atoms with Gasteiger partial charge in [0.05, 0.1) is 29.4 Å². The van der Waals surface area contributed by atoms with Crippen LogP contribution in [0.4, 0.5) is 11.5 Å². The minimum absolute atomic E-state index is 0.0287. The Bertz CT molecular complexity index is 1590. The molecule has 1 saturated heterocycles. The zero-order valence-corrected chi connectivity index (χ0v) is 20.9. The summed E-state index contributed by atoms with van der Waals surface area (Å²) in [6.45, 7) is 3.76. The maximum absolute atomic E-state index is 13.4. The molecule has 2 fully saturated rings. The number of sulfone groups is 1. The first kappa shape index (κ1) is 22.7. The van der Waals surface area contributed by atoms with Crippen LogP contribution in [-0.4, -0.2) is 46.3 Å². The Kier molecular flexibility index (Phi) is 4.99. The van der Waals surface area contributed by atoms with Crippen LogP contribution in [0.1, 0.15) is 37.9 Å². The third-order valence-corrected chi connectivity index (χ3v) is 10.3. The summed E-state index contributed by atoms with van der Waals surface area (Å²) in [5.74, 6) is 6.93. The maximum Gasteiger partial charge on any atom is 0.165 e. The third kappa shape index (κ3) is 3.41. The lowest BCUT2D eigenvalue weighted by molar-refractivity contribution is 0.343. The van der Waals surface area contributed by atoms with Gasteiger partial charge in [0.2, 0.25) is 0 Å². The third-order valence-electron chi connectivity index (χ3n) is 7.58. The maximum atomic E-state index is 13.4. The van der Waals surface area contributed by atoms with Crippen LogP contribution in [0.25, 0.3) is 10.9 Å². The first-order valence-electron chi connectivity index (χ1n) is 11.9. The van der Waals surface area contributed by atoms with Crippen molar-refractivity contribution in [3.05, 3.63) is 48.0 Å². The molecule has 1 aliphatic heterocycles. The number of pyridine rings is 3. The highest BCUT2D eigenvalue weighted by Gasteiger charge is 2.63. The molecule has 3 aliphatic rings. The summed E-state index contributed by atoms with van der Waals surface area (Å²) in [4.78, 5) is 13.5. The number of nitrogens with zero attached hydrogens (tertiary/aromatic N) is 3. The molecule has 9 nitrogen and oxygen atoms in total. The summed E-state index contributed by atoms with van der Waals surface area (Å²) in [5, 5.41) is 16.1. The van der Waals surface area contributed by atoms with Crippen LogP contribution in [-0.2, 0) is 21.8 Å². The van der Waals surface area contributed by atoms with Gasteiger partial charge in [-0.2, -0.15) is 0 Å². The summed E-state index contributed by atoms with van der Waals surface area (Å²) in [7, 11) is -3.51. The second kappa shape index (κ2) is 7.90. The molecule has 0 unspecified atom stereocenters. The van der Waals surface area contributed by atoms with Crippen LogP contribution in [0, 0.1) is 23.2 Å². The molecular formula is C26H26N6O3S. The van der Waals surface area contributed by atoms with E-state index in [1.807, 2.05) is 18.2 Å². The van der Waals surface area contributed by atoms with Gasteiger partial charge in [-0.25, -0.2) is 18.4 Å². The quantitative estimate of drug-likeness (QED) is 0.454. The average molecular weight is 503 g/mol. The number of nitrogens with one attached hydrogen (secondary N) is 3. The Labute approximate surface area is 209 Å². The molecule has 3 N–H and O–H groups in total. The van der Waals surface area contributed by atoms with E-state index in [4.69, 9.17) is 10.1 Å². The number of fused-ring (bicyclic) bond motifs is 3. The van der Waals surface area contributed by atoms with Crippen molar-refractivity contribution < 1.29 is 13.2 Å². The topological polar surface area (TPSA) is 130 Å². The van der Waals surface area contributed by atoms with Crippen molar-refractivity contribution in [2.45, 2.75) is 43.4 Å². The lowest BCUT2D eigenvalue weighted by atomic mass is 9.74. The van der Waals surface area contributed by atoms with Crippen LogP contribution in [0.5, 0.6) is 5.75 Å². The smallest absolute Gasteiger partial charge is 0.165 e. The molecule has 3 aromatic heterocycles. The fourth-order valence-electron chi connectivity index (χ4n) is 5.29. The number of hydrogen-bond acceptors (Lipinski definition) is 8. The minimum atomic E-state index is -3.51. The lowest BCUT2D eigenvalue weighted by Gasteiger charge is -2.51. The highest BCUT2D eigenvalue weighted by Crippen LogP contribution is 2.51. The molecule has 1 saturated carbocycles. The predicted molar refractivity (Wildman–Crippen MR) is 137 cm³/mol. The van der Waals surface area contributed by atoms with Crippen molar-refractivity contribution >= 4 is 38.1 Å². The molecule has 2 atom stereocenters. The molecule has 2 aliphatic carbocycles. The Morgan fingerprint density at radius 1 is 1.25 bits per heavy atom. The van der Waals surface area contributed by atoms with E-state index in [9.17, 15) is 8.42 Å². The van der Waals surface area contributed by atoms with Gasteiger partial charge in [-0.1, -0.05) is 5.92 Å². The van der Waals surface area contributed by atoms with Crippen molar-refractivity contribution in [3.63, 3.8) is 0 Å². The predicted octanol–water partition coefficient (Wildman–Crippen LogP) is 3.09. The molecule has 3 aromatic rings. The Balaban J connectivity index is 1.28. The summed E-state index contributed by atoms with van der Waals surface area (Å²) in [6, 6.07) is 5.65. The van der Waals surface area contributed by atoms with Crippen LogP contribution in [0.15, 0.2) is 36.8 Å². The van der Waals surface area contributed by atoms with Gasteiger partial charge < -0.3 is 15.4 Å². The molecule has 10 heteroatoms. The summed E-state index contributed by atoms with van der Waals surface area (Å²) in [6.07, 6.45) is 7.22. The van der Waals surface area contributed by atoms with Crippen molar-refractivity contribution in [2.24, 2.45) is 5.92 Å². The molecule has 1 spiro atoms. The van der Waals surface area contributed by atoms with Crippen LogP contribution in [0.3, 0.4) is 0 Å². The van der Waals surface area contributed by atoms with Crippen molar-refractivity contribution in [2.75, 3.05) is 17.7 Å². The van der Waals surface area contributed by atoms with E-state index in [1.54, 1.807) is 32.4 Å². The van der Waals surface area contributed by atoms with Gasteiger partial charge in [-0.15, -0.1) is 5.92 Å². The molecular weight excluding hydrogens is 476 g/mol. The van der Waals surface area contributed by atoms with E-state index in [1.165, 1.54) is 0 Å². The van der Waals surface area contributed by atoms with Crippen molar-refractivity contribution in [3.8, 4) is 17.6 Å². The number of aromatic nitrogens is 3. The SMILES string of the molecule is CC#CCOc1cnc2c(Nc3cnc4c(c3)[C@]3(C4)CS(=O)(=O)[C@@](C)(C4CC4)C(=N)N3)nccc2c1. The fraction of sp³-hybridized carbons (Fsp3) is 0.385. The molecule has 6 rings (SSSR count). The van der Waals surface area contributed by atoms with Gasteiger partial charge in [0.1, 0.15) is 28.5 Å². The van der Waals surface area contributed by atoms with Gasteiger partial charge in [-0.05, 0) is 50.8 Å². The normalized spacial score (nSPS) is 25.8. The van der Waals surface area contributed by atoms with Gasteiger partial charge >= 0.3 is 0 Å². The van der Waals surface area contributed by atoms with E-state index in [0.29, 0.717) is 35.8 Å². The van der Waals surface area contributed by atoms with E-state index < -0.39 is 20.1 Å². The minimum Gasteiger partial charge on any atom is -0.479 e.